The van der Waals surface area contributed by atoms with Crippen LogP contribution in [-0.2, 0) is 4.79 Å². The molecule has 1 unspecified atom stereocenters. The highest BCUT2D eigenvalue weighted by Gasteiger charge is 2.30. The zero-order chi connectivity index (χ0) is 17.6. The minimum atomic E-state index is -0.667. The highest BCUT2D eigenvalue weighted by Crippen LogP contribution is 2.25. The first-order valence-electron chi connectivity index (χ1n) is 7.76. The molecule has 0 saturated carbocycles. The van der Waals surface area contributed by atoms with E-state index >= 15 is 0 Å². The van der Waals surface area contributed by atoms with Crippen molar-refractivity contribution in [1.82, 2.24) is 15.6 Å². The zero-order valence-electron chi connectivity index (χ0n) is 13.6. The van der Waals surface area contributed by atoms with Gasteiger partial charge < -0.3 is 10.1 Å². The van der Waals surface area contributed by atoms with Crippen LogP contribution in [0.3, 0.4) is 0 Å². The molecule has 1 saturated heterocycles. The second-order valence-electron chi connectivity index (χ2n) is 5.47. The molecule has 3 amide bonds. The summed E-state index contributed by atoms with van der Waals surface area (Å²) in [5.74, 6) is 0.935. The number of nitrogens with one attached hydrogen (secondary N) is 2. The lowest BCUT2D eigenvalue weighted by Gasteiger charge is -2.10. The predicted molar refractivity (Wildman–Crippen MR) is 92.5 cm³/mol. The molecule has 1 aliphatic heterocycles. The van der Waals surface area contributed by atoms with E-state index in [0.29, 0.717) is 17.1 Å². The first-order chi connectivity index (χ1) is 12.1. The van der Waals surface area contributed by atoms with Crippen molar-refractivity contribution in [1.29, 1.82) is 0 Å². The SMILES string of the molecule is Cc1cccccnccc1Oc1ccc(C2NC(=O)NC2=O)cc1. The van der Waals surface area contributed by atoms with Crippen LogP contribution in [0.25, 0.3) is 0 Å². The number of hydrogen-bond acceptors (Lipinski definition) is 4. The van der Waals surface area contributed by atoms with Crippen LogP contribution in [0.5, 0.6) is 11.5 Å². The van der Waals surface area contributed by atoms with Gasteiger partial charge in [0.05, 0.1) is 0 Å². The van der Waals surface area contributed by atoms with E-state index < -0.39 is 12.1 Å². The maximum Gasteiger partial charge on any atom is 0.322 e. The van der Waals surface area contributed by atoms with Crippen molar-refractivity contribution in [3.05, 3.63) is 78.1 Å². The average molecular weight is 335 g/mol. The van der Waals surface area contributed by atoms with Crippen LogP contribution >= 0.6 is 0 Å². The van der Waals surface area contributed by atoms with Crippen LogP contribution in [0.15, 0.2) is 67.0 Å². The third kappa shape index (κ3) is 4.11. The van der Waals surface area contributed by atoms with Crippen molar-refractivity contribution >= 4 is 11.9 Å². The number of benzene rings is 1. The Morgan fingerprint density at radius 1 is 0.960 bits per heavy atom. The van der Waals surface area contributed by atoms with Crippen LogP contribution < -0.4 is 15.4 Å². The Hall–Kier alpha value is -3.41. The van der Waals surface area contributed by atoms with Gasteiger partial charge in [-0.2, -0.15) is 0 Å². The molecule has 3 rings (SSSR count). The van der Waals surface area contributed by atoms with Crippen molar-refractivity contribution in [3.8, 4) is 11.5 Å². The quantitative estimate of drug-likeness (QED) is 0.844. The fraction of sp³-hybridized carbons (Fsp3) is 0.105. The topological polar surface area (TPSA) is 80.3 Å². The van der Waals surface area contributed by atoms with Crippen molar-refractivity contribution in [2.24, 2.45) is 0 Å². The largest absolute Gasteiger partial charge is 0.457 e. The van der Waals surface area contributed by atoms with Crippen LogP contribution in [0, 0.1) is 6.92 Å². The van der Waals surface area contributed by atoms with E-state index in [4.69, 9.17) is 4.74 Å². The fourth-order valence-electron chi connectivity index (χ4n) is 2.36. The third-order valence-corrected chi connectivity index (χ3v) is 3.66. The molecule has 0 bridgehead atoms. The Morgan fingerprint density at radius 3 is 2.48 bits per heavy atom. The van der Waals surface area contributed by atoms with E-state index in [9.17, 15) is 9.59 Å². The molecule has 0 radical (unpaired) electrons. The number of aryl methyl sites for hydroxylation is 1. The molecule has 1 aromatic heterocycles. The van der Waals surface area contributed by atoms with Gasteiger partial charge in [0.15, 0.2) is 0 Å². The summed E-state index contributed by atoms with van der Waals surface area (Å²) in [4.78, 5) is 27.0. The van der Waals surface area contributed by atoms with Gasteiger partial charge in [-0.3, -0.25) is 15.1 Å². The monoisotopic (exact) mass is 335 g/mol. The normalized spacial score (nSPS) is 15.8. The standard InChI is InChI=1S/C19H17N3O3/c1-13-5-3-2-4-11-20-12-10-16(13)25-15-8-6-14(7-9-15)17-18(23)22-19(24)21-17/h2-12,17H,1H3,(H2,21,22,23,24). The van der Waals surface area contributed by atoms with Crippen LogP contribution in [-0.4, -0.2) is 16.9 Å². The molecule has 25 heavy (non-hydrogen) atoms. The van der Waals surface area contributed by atoms with Gasteiger partial charge in [-0.05, 0) is 42.3 Å². The molecular formula is C19H17N3O3. The molecule has 6 heteroatoms. The number of imide groups is 1. The van der Waals surface area contributed by atoms with E-state index in [-0.39, 0.29) is 5.91 Å². The number of hydrogen-bond donors (Lipinski definition) is 2. The molecule has 1 fully saturated rings. The summed E-state index contributed by atoms with van der Waals surface area (Å²) in [5.41, 5.74) is 1.64. The summed E-state index contributed by atoms with van der Waals surface area (Å²) in [6.07, 6.45) is 3.35. The lowest BCUT2D eigenvalue weighted by atomic mass is 10.1. The minimum absolute atomic E-state index is 0.358. The molecule has 126 valence electrons. The lowest BCUT2D eigenvalue weighted by molar-refractivity contribution is -0.120. The van der Waals surface area contributed by atoms with Gasteiger partial charge in [-0.25, -0.2) is 4.79 Å². The maximum absolute atomic E-state index is 11.7. The Kier molecular flexibility index (Phi) is 4.89. The summed E-state index contributed by atoms with van der Waals surface area (Å²) >= 11 is 0. The van der Waals surface area contributed by atoms with E-state index in [2.05, 4.69) is 15.6 Å². The average Bonchev–Trinajstić information content (AvgIpc) is 2.95. The van der Waals surface area contributed by atoms with Gasteiger partial charge in [0, 0.05) is 12.4 Å². The Morgan fingerprint density at radius 2 is 1.76 bits per heavy atom. The number of urea groups is 1. The molecule has 1 aromatic carbocycles. The first kappa shape index (κ1) is 16.4. The van der Waals surface area contributed by atoms with Gasteiger partial charge in [-0.1, -0.05) is 30.3 Å². The molecular weight excluding hydrogens is 318 g/mol. The summed E-state index contributed by atoms with van der Waals surface area (Å²) in [5, 5.41) is 4.78. The molecule has 6 nitrogen and oxygen atoms in total. The fourth-order valence-corrected chi connectivity index (χ4v) is 2.36. The van der Waals surface area contributed by atoms with Gasteiger partial charge in [0.2, 0.25) is 0 Å². The Labute approximate surface area is 145 Å². The van der Waals surface area contributed by atoms with Crippen molar-refractivity contribution in [3.63, 3.8) is 0 Å². The van der Waals surface area contributed by atoms with E-state index in [1.54, 1.807) is 42.7 Å². The highest BCUT2D eigenvalue weighted by atomic mass is 16.5. The van der Waals surface area contributed by atoms with Gasteiger partial charge in [0.25, 0.3) is 5.91 Å². The number of nitrogens with zero attached hydrogens (tertiary/aromatic N) is 1. The van der Waals surface area contributed by atoms with Crippen molar-refractivity contribution < 1.29 is 14.3 Å². The number of aromatic nitrogens is 1. The second kappa shape index (κ2) is 7.44. The summed E-state index contributed by atoms with van der Waals surface area (Å²) in [6, 6.07) is 15.2. The van der Waals surface area contributed by atoms with Crippen LogP contribution in [0.2, 0.25) is 0 Å². The zero-order valence-corrected chi connectivity index (χ0v) is 13.6. The molecule has 0 aliphatic carbocycles. The second-order valence-corrected chi connectivity index (χ2v) is 5.47. The number of rotatable bonds is 3. The number of carbonyl (C=O) groups excluding carboxylic acids is 2. The molecule has 2 heterocycles. The minimum Gasteiger partial charge on any atom is -0.457 e. The Bertz CT molecular complexity index is 848. The van der Waals surface area contributed by atoms with Gasteiger partial charge in [-0.15, -0.1) is 0 Å². The van der Waals surface area contributed by atoms with Crippen LogP contribution in [0.4, 0.5) is 4.79 Å². The summed E-state index contributed by atoms with van der Waals surface area (Å²) < 4.78 is 5.92. The third-order valence-electron chi connectivity index (χ3n) is 3.66. The van der Waals surface area contributed by atoms with Gasteiger partial charge >= 0.3 is 6.03 Å². The first-order valence-corrected chi connectivity index (χ1v) is 7.76. The lowest BCUT2D eigenvalue weighted by Crippen LogP contribution is -2.22. The van der Waals surface area contributed by atoms with Crippen LogP contribution in [0.1, 0.15) is 17.2 Å². The molecule has 0 spiro atoms. The number of ether oxygens (including phenoxy) is 1. The molecule has 2 N–H and O–H groups in total. The predicted octanol–water partition coefficient (Wildman–Crippen LogP) is 3.19. The van der Waals surface area contributed by atoms with E-state index in [1.165, 1.54) is 0 Å². The van der Waals surface area contributed by atoms with Crippen molar-refractivity contribution in [2.75, 3.05) is 0 Å². The summed E-state index contributed by atoms with van der Waals surface area (Å²) in [6.45, 7) is 1.95. The summed E-state index contributed by atoms with van der Waals surface area (Å²) in [7, 11) is 0. The van der Waals surface area contributed by atoms with E-state index in [0.717, 1.165) is 5.56 Å². The Balaban J connectivity index is 1.83. The van der Waals surface area contributed by atoms with Crippen molar-refractivity contribution in [2.45, 2.75) is 13.0 Å². The number of carbonyl (C=O) groups is 2. The molecule has 1 aliphatic rings. The molecule has 1 atom stereocenters. The smallest absolute Gasteiger partial charge is 0.322 e. The number of amides is 3. The van der Waals surface area contributed by atoms with E-state index in [1.807, 2.05) is 31.2 Å². The highest BCUT2D eigenvalue weighted by molar-refractivity contribution is 6.04. The van der Waals surface area contributed by atoms with Gasteiger partial charge in [0.1, 0.15) is 17.5 Å². The molecule has 2 aromatic rings. The maximum atomic E-state index is 11.7.